The molecule has 0 aromatic heterocycles. The Kier molecular flexibility index (Phi) is 6.87. The van der Waals surface area contributed by atoms with Gasteiger partial charge in [0.25, 0.3) is 5.91 Å². The molecule has 112 valence electrons. The summed E-state index contributed by atoms with van der Waals surface area (Å²) >= 11 is 0. The van der Waals surface area contributed by atoms with Crippen LogP contribution >= 0.6 is 0 Å². The van der Waals surface area contributed by atoms with Crippen molar-refractivity contribution in [2.24, 2.45) is 0 Å². The second-order valence-corrected chi connectivity index (χ2v) is 4.36. The zero-order valence-corrected chi connectivity index (χ0v) is 12.7. The van der Waals surface area contributed by atoms with Crippen LogP contribution in [0, 0.1) is 0 Å². The fraction of sp³-hybridized carbons (Fsp3) is 0.533. The van der Waals surface area contributed by atoms with E-state index in [4.69, 9.17) is 9.47 Å². The Morgan fingerprint density at radius 2 is 2.10 bits per heavy atom. The normalized spacial score (nSPS) is 11.8. The lowest BCUT2D eigenvalue weighted by atomic mass is 10.1. The van der Waals surface area contributed by atoms with Crippen LogP contribution in [0.3, 0.4) is 0 Å². The van der Waals surface area contributed by atoms with E-state index >= 15 is 0 Å². The molecule has 1 aromatic rings. The second kappa shape index (κ2) is 8.43. The maximum atomic E-state index is 11.8. The van der Waals surface area contributed by atoms with E-state index in [1.807, 2.05) is 39.1 Å². The van der Waals surface area contributed by atoms with Gasteiger partial charge in [0.1, 0.15) is 0 Å². The van der Waals surface area contributed by atoms with Gasteiger partial charge in [-0.15, -0.1) is 0 Å². The molecule has 0 spiro atoms. The number of nitrogens with one attached hydrogen (secondary N) is 2. The second-order valence-electron chi connectivity index (χ2n) is 4.36. The smallest absolute Gasteiger partial charge is 0.260 e. The van der Waals surface area contributed by atoms with E-state index in [0.717, 1.165) is 5.56 Å². The molecule has 0 bridgehead atoms. The predicted molar refractivity (Wildman–Crippen MR) is 79.1 cm³/mol. The highest BCUT2D eigenvalue weighted by Gasteiger charge is 2.18. The average Bonchev–Trinajstić information content (AvgIpc) is 2.43. The number of ether oxygens (including phenoxy) is 2. The third kappa shape index (κ3) is 4.42. The summed E-state index contributed by atoms with van der Waals surface area (Å²) in [5.41, 5.74) is 0.967. The number of hydrogen-bond donors (Lipinski definition) is 2. The average molecular weight is 280 g/mol. The van der Waals surface area contributed by atoms with Crippen molar-refractivity contribution in [1.29, 1.82) is 0 Å². The Morgan fingerprint density at radius 1 is 1.35 bits per heavy atom. The van der Waals surface area contributed by atoms with E-state index in [-0.39, 0.29) is 5.91 Å². The van der Waals surface area contributed by atoms with Gasteiger partial charge in [-0.2, -0.15) is 0 Å². The van der Waals surface area contributed by atoms with E-state index < -0.39 is 6.10 Å². The minimum atomic E-state index is -0.563. The highest BCUT2D eigenvalue weighted by molar-refractivity contribution is 5.80. The van der Waals surface area contributed by atoms with Crippen molar-refractivity contribution in [3.63, 3.8) is 0 Å². The molecule has 5 nitrogen and oxygen atoms in total. The molecule has 0 aliphatic heterocycles. The molecule has 0 saturated heterocycles. The predicted octanol–water partition coefficient (Wildman–Crippen LogP) is 1.71. The molecular weight excluding hydrogens is 256 g/mol. The number of carbonyl (C=O) groups is 1. The maximum Gasteiger partial charge on any atom is 0.260 e. The minimum Gasteiger partial charge on any atom is -0.490 e. The fourth-order valence-corrected chi connectivity index (χ4v) is 1.84. The van der Waals surface area contributed by atoms with Crippen LogP contribution in [0.15, 0.2) is 18.2 Å². The molecule has 0 aliphatic rings. The number of carbonyl (C=O) groups excluding carboxylic acids is 1. The number of likely N-dealkylation sites (N-methyl/N-ethyl adjacent to an activating group) is 1. The summed E-state index contributed by atoms with van der Waals surface area (Å²) < 4.78 is 11.4. The van der Waals surface area contributed by atoms with Crippen LogP contribution in [0.25, 0.3) is 0 Å². The molecule has 1 rings (SSSR count). The Bertz CT molecular complexity index is 411. The third-order valence-electron chi connectivity index (χ3n) is 2.74. The monoisotopic (exact) mass is 280 g/mol. The summed E-state index contributed by atoms with van der Waals surface area (Å²) in [5, 5.41) is 5.83. The van der Waals surface area contributed by atoms with Crippen LogP contribution < -0.4 is 20.1 Å². The Labute approximate surface area is 120 Å². The molecule has 1 amide bonds. The molecule has 0 radical (unpaired) electrons. The largest absolute Gasteiger partial charge is 0.490 e. The first kappa shape index (κ1) is 16.3. The molecule has 0 aliphatic carbocycles. The number of rotatable bonds is 8. The van der Waals surface area contributed by atoms with Crippen LogP contribution in [-0.4, -0.2) is 32.2 Å². The van der Waals surface area contributed by atoms with Gasteiger partial charge in [-0.25, -0.2) is 0 Å². The first-order chi connectivity index (χ1) is 9.63. The Morgan fingerprint density at radius 3 is 2.70 bits per heavy atom. The number of benzene rings is 1. The molecule has 0 fully saturated rings. The SMILES string of the molecule is CCNC(=O)C(C)Oc1c(CNC)cccc1OCC. The zero-order valence-electron chi connectivity index (χ0n) is 12.7. The van der Waals surface area contributed by atoms with Gasteiger partial charge in [-0.05, 0) is 33.9 Å². The van der Waals surface area contributed by atoms with Crippen molar-refractivity contribution in [2.45, 2.75) is 33.4 Å². The summed E-state index contributed by atoms with van der Waals surface area (Å²) in [6, 6.07) is 5.72. The molecule has 5 heteroatoms. The Hall–Kier alpha value is -1.75. The van der Waals surface area contributed by atoms with Gasteiger partial charge >= 0.3 is 0 Å². The van der Waals surface area contributed by atoms with E-state index in [1.54, 1.807) is 6.92 Å². The first-order valence-corrected chi connectivity index (χ1v) is 6.97. The fourth-order valence-electron chi connectivity index (χ4n) is 1.84. The quantitative estimate of drug-likeness (QED) is 0.761. The van der Waals surface area contributed by atoms with Crippen LogP contribution in [0.4, 0.5) is 0 Å². The van der Waals surface area contributed by atoms with Gasteiger partial charge in [-0.1, -0.05) is 12.1 Å². The van der Waals surface area contributed by atoms with Crippen molar-refractivity contribution >= 4 is 5.91 Å². The molecule has 0 saturated carbocycles. The van der Waals surface area contributed by atoms with E-state index in [2.05, 4.69) is 10.6 Å². The molecule has 0 heterocycles. The van der Waals surface area contributed by atoms with Gasteiger partial charge < -0.3 is 20.1 Å². The van der Waals surface area contributed by atoms with Crippen molar-refractivity contribution in [3.05, 3.63) is 23.8 Å². The molecular formula is C15H24N2O3. The lowest BCUT2D eigenvalue weighted by Crippen LogP contribution is -2.36. The van der Waals surface area contributed by atoms with Gasteiger partial charge in [0.15, 0.2) is 17.6 Å². The zero-order chi connectivity index (χ0) is 15.0. The third-order valence-corrected chi connectivity index (χ3v) is 2.74. The summed E-state index contributed by atoms with van der Waals surface area (Å²) in [6.45, 7) is 7.32. The summed E-state index contributed by atoms with van der Waals surface area (Å²) in [6.07, 6.45) is -0.563. The number of hydrogen-bond acceptors (Lipinski definition) is 4. The topological polar surface area (TPSA) is 59.6 Å². The van der Waals surface area contributed by atoms with Crippen LogP contribution in [0.2, 0.25) is 0 Å². The molecule has 2 N–H and O–H groups in total. The lowest BCUT2D eigenvalue weighted by molar-refractivity contribution is -0.127. The summed E-state index contributed by atoms with van der Waals surface area (Å²) in [7, 11) is 1.87. The Balaban J connectivity index is 2.97. The lowest BCUT2D eigenvalue weighted by Gasteiger charge is -2.19. The molecule has 1 unspecified atom stereocenters. The van der Waals surface area contributed by atoms with Crippen LogP contribution in [0.5, 0.6) is 11.5 Å². The van der Waals surface area contributed by atoms with E-state index in [0.29, 0.717) is 31.2 Å². The highest BCUT2D eigenvalue weighted by atomic mass is 16.5. The summed E-state index contributed by atoms with van der Waals surface area (Å²) in [4.78, 5) is 11.8. The van der Waals surface area contributed by atoms with Gasteiger partial charge in [0.2, 0.25) is 0 Å². The minimum absolute atomic E-state index is 0.130. The highest BCUT2D eigenvalue weighted by Crippen LogP contribution is 2.32. The number of para-hydroxylation sites is 1. The van der Waals surface area contributed by atoms with Crippen molar-refractivity contribution < 1.29 is 14.3 Å². The first-order valence-electron chi connectivity index (χ1n) is 6.97. The van der Waals surface area contributed by atoms with Crippen molar-refractivity contribution in [2.75, 3.05) is 20.2 Å². The molecule has 1 atom stereocenters. The van der Waals surface area contributed by atoms with Gasteiger partial charge in [0, 0.05) is 18.7 Å². The molecule has 20 heavy (non-hydrogen) atoms. The molecule has 1 aromatic carbocycles. The van der Waals surface area contributed by atoms with Crippen LogP contribution in [0.1, 0.15) is 26.3 Å². The standard InChI is InChI=1S/C15H24N2O3/c1-5-17-15(18)11(3)20-14-12(10-16-4)8-7-9-13(14)19-6-2/h7-9,11,16H,5-6,10H2,1-4H3,(H,17,18). The maximum absolute atomic E-state index is 11.8. The van der Waals surface area contributed by atoms with Gasteiger partial charge in [-0.3, -0.25) is 4.79 Å². The summed E-state index contributed by atoms with van der Waals surface area (Å²) in [5.74, 6) is 1.16. The van der Waals surface area contributed by atoms with Crippen LogP contribution in [-0.2, 0) is 11.3 Å². The van der Waals surface area contributed by atoms with Crippen molar-refractivity contribution in [3.8, 4) is 11.5 Å². The van der Waals surface area contributed by atoms with E-state index in [1.165, 1.54) is 0 Å². The van der Waals surface area contributed by atoms with E-state index in [9.17, 15) is 4.79 Å². The number of amides is 1. The van der Waals surface area contributed by atoms with Gasteiger partial charge in [0.05, 0.1) is 6.61 Å². The van der Waals surface area contributed by atoms with Crippen molar-refractivity contribution in [1.82, 2.24) is 10.6 Å².